The lowest BCUT2D eigenvalue weighted by molar-refractivity contribution is -0.384. The second kappa shape index (κ2) is 8.12. The van der Waals surface area contributed by atoms with E-state index in [1.165, 1.54) is 30.3 Å². The molecule has 0 saturated carbocycles. The summed E-state index contributed by atoms with van der Waals surface area (Å²) in [7, 11) is 0. The van der Waals surface area contributed by atoms with Crippen molar-refractivity contribution in [3.8, 4) is 6.07 Å². The summed E-state index contributed by atoms with van der Waals surface area (Å²) in [4.78, 5) is 36.3. The Balaban J connectivity index is 2.01. The Morgan fingerprint density at radius 1 is 1.31 bits per heavy atom. The van der Waals surface area contributed by atoms with E-state index in [0.717, 1.165) is 28.8 Å². The van der Waals surface area contributed by atoms with Gasteiger partial charge in [0.2, 0.25) is 5.91 Å². The van der Waals surface area contributed by atoms with Crippen LogP contribution in [0.1, 0.15) is 5.56 Å². The molecular formula is C19H13FN4O4S. The van der Waals surface area contributed by atoms with Crippen molar-refractivity contribution < 1.29 is 18.9 Å². The zero-order chi connectivity index (χ0) is 21.1. The highest BCUT2D eigenvalue weighted by Crippen LogP contribution is 2.42. The van der Waals surface area contributed by atoms with Crippen molar-refractivity contribution in [2.24, 2.45) is 5.73 Å². The Morgan fingerprint density at radius 2 is 2.00 bits per heavy atom. The molecule has 1 unspecified atom stereocenters. The van der Waals surface area contributed by atoms with Gasteiger partial charge in [-0.05, 0) is 36.2 Å². The van der Waals surface area contributed by atoms with Crippen LogP contribution in [0.3, 0.4) is 0 Å². The van der Waals surface area contributed by atoms with E-state index in [1.54, 1.807) is 12.1 Å². The van der Waals surface area contributed by atoms with E-state index >= 15 is 0 Å². The number of hydrogen-bond acceptors (Lipinski definition) is 6. The number of primary amides is 1. The summed E-state index contributed by atoms with van der Waals surface area (Å²) in [5.74, 6) is -1.95. The van der Waals surface area contributed by atoms with Crippen molar-refractivity contribution in [1.82, 2.24) is 0 Å². The number of nitro benzene ring substituents is 1. The van der Waals surface area contributed by atoms with Crippen LogP contribution in [0.15, 0.2) is 59.1 Å². The number of nitro groups is 1. The van der Waals surface area contributed by atoms with Crippen molar-refractivity contribution in [1.29, 1.82) is 5.26 Å². The Kier molecular flexibility index (Phi) is 5.61. The highest BCUT2D eigenvalue weighted by atomic mass is 32.2. The van der Waals surface area contributed by atoms with Gasteiger partial charge in [-0.3, -0.25) is 24.6 Å². The molecule has 146 valence electrons. The van der Waals surface area contributed by atoms with Crippen LogP contribution in [0.25, 0.3) is 0 Å². The molecule has 1 aliphatic rings. The quantitative estimate of drug-likeness (QED) is 0.348. The monoisotopic (exact) mass is 412 g/mol. The molecule has 1 atom stereocenters. The minimum Gasteiger partial charge on any atom is -0.365 e. The van der Waals surface area contributed by atoms with Gasteiger partial charge in [-0.15, -0.1) is 0 Å². The number of halogens is 1. The fourth-order valence-electron chi connectivity index (χ4n) is 2.84. The first-order chi connectivity index (χ1) is 13.8. The number of amides is 2. The SMILES string of the molecule is N#C/C(C(N)=O)=C1/SC(Cc2cccc([N+](=O)[O-])c2)C(=O)N1c1ccc(F)cc1. The van der Waals surface area contributed by atoms with Crippen LogP contribution >= 0.6 is 11.8 Å². The van der Waals surface area contributed by atoms with Crippen LogP contribution in [0.2, 0.25) is 0 Å². The molecular weight excluding hydrogens is 399 g/mol. The third-order valence-electron chi connectivity index (χ3n) is 4.15. The van der Waals surface area contributed by atoms with Crippen LogP contribution < -0.4 is 10.6 Å². The standard InChI is InChI=1S/C19H13FN4O4S/c20-12-4-6-13(7-5-12)23-18(26)16(29-19(23)15(10-21)17(22)25)9-11-2-1-3-14(8-11)24(27)28/h1-8,16H,9H2,(H2,22,25)/b19-15-. The number of carbonyl (C=O) groups excluding carboxylic acids is 2. The topological polar surface area (TPSA) is 130 Å². The lowest BCUT2D eigenvalue weighted by atomic mass is 10.1. The van der Waals surface area contributed by atoms with Crippen LogP contribution in [-0.2, 0) is 16.0 Å². The summed E-state index contributed by atoms with van der Waals surface area (Å²) < 4.78 is 13.3. The van der Waals surface area contributed by atoms with Crippen LogP contribution in [0.4, 0.5) is 15.8 Å². The van der Waals surface area contributed by atoms with Crippen molar-refractivity contribution in [3.63, 3.8) is 0 Å². The molecule has 1 aliphatic heterocycles. The van der Waals surface area contributed by atoms with Crippen molar-refractivity contribution in [2.45, 2.75) is 11.7 Å². The molecule has 8 nitrogen and oxygen atoms in total. The number of non-ortho nitro benzene ring substituents is 1. The zero-order valence-corrected chi connectivity index (χ0v) is 15.6. The number of carbonyl (C=O) groups is 2. The zero-order valence-electron chi connectivity index (χ0n) is 14.7. The molecule has 1 saturated heterocycles. The molecule has 2 amide bonds. The highest BCUT2D eigenvalue weighted by molar-refractivity contribution is 8.05. The average molecular weight is 412 g/mol. The summed E-state index contributed by atoms with van der Waals surface area (Å²) in [6.45, 7) is 0. The Morgan fingerprint density at radius 3 is 2.59 bits per heavy atom. The van der Waals surface area contributed by atoms with Gasteiger partial charge < -0.3 is 5.73 Å². The van der Waals surface area contributed by atoms with Crippen molar-refractivity contribution in [2.75, 3.05) is 4.90 Å². The minimum atomic E-state index is -0.995. The molecule has 3 rings (SSSR count). The summed E-state index contributed by atoms with van der Waals surface area (Å²) >= 11 is 0.965. The molecule has 2 aromatic rings. The molecule has 1 fully saturated rings. The molecule has 0 spiro atoms. The molecule has 0 aromatic heterocycles. The smallest absolute Gasteiger partial charge is 0.269 e. The largest absolute Gasteiger partial charge is 0.365 e. The van der Waals surface area contributed by atoms with E-state index in [4.69, 9.17) is 5.73 Å². The van der Waals surface area contributed by atoms with E-state index in [-0.39, 0.29) is 22.8 Å². The van der Waals surface area contributed by atoms with E-state index in [2.05, 4.69) is 0 Å². The van der Waals surface area contributed by atoms with Crippen LogP contribution in [0.5, 0.6) is 0 Å². The number of benzene rings is 2. The predicted molar refractivity (Wildman–Crippen MR) is 104 cm³/mol. The van der Waals surface area contributed by atoms with Gasteiger partial charge in [-0.2, -0.15) is 5.26 Å². The van der Waals surface area contributed by atoms with Crippen LogP contribution in [0, 0.1) is 27.3 Å². The predicted octanol–water partition coefficient (Wildman–Crippen LogP) is 2.65. The Labute approximate surface area is 168 Å². The van der Waals surface area contributed by atoms with Gasteiger partial charge in [0.05, 0.1) is 10.2 Å². The second-order valence-corrected chi connectivity index (χ2v) is 7.24. The van der Waals surface area contributed by atoms with Gasteiger partial charge in [0.15, 0.2) is 0 Å². The number of anilines is 1. The normalized spacial score (nSPS) is 17.7. The van der Waals surface area contributed by atoms with E-state index < -0.39 is 33.4 Å². The Hall–Kier alpha value is -3.71. The summed E-state index contributed by atoms with van der Waals surface area (Å²) in [6, 6.07) is 12.5. The third-order valence-corrected chi connectivity index (χ3v) is 5.41. The number of hydrogen-bond donors (Lipinski definition) is 1. The number of nitrogens with two attached hydrogens (primary N) is 1. The van der Waals surface area contributed by atoms with Gasteiger partial charge in [-0.25, -0.2) is 4.39 Å². The van der Waals surface area contributed by atoms with E-state index in [0.29, 0.717) is 5.56 Å². The summed E-state index contributed by atoms with van der Waals surface area (Å²) in [5.41, 5.74) is 5.59. The fraction of sp³-hybridized carbons (Fsp3) is 0.105. The van der Waals surface area contributed by atoms with E-state index in [1.807, 2.05) is 0 Å². The van der Waals surface area contributed by atoms with E-state index in [9.17, 15) is 29.4 Å². The summed E-state index contributed by atoms with van der Waals surface area (Å²) in [6.07, 6.45) is 0.129. The van der Waals surface area contributed by atoms with Gasteiger partial charge in [0.1, 0.15) is 22.5 Å². The summed E-state index contributed by atoms with van der Waals surface area (Å²) in [5, 5.41) is 19.6. The average Bonchev–Trinajstić information content (AvgIpc) is 2.99. The van der Waals surface area contributed by atoms with Gasteiger partial charge in [0, 0.05) is 17.8 Å². The lowest BCUT2D eigenvalue weighted by Gasteiger charge is -2.18. The molecule has 10 heteroatoms. The Bertz CT molecular complexity index is 1080. The second-order valence-electron chi connectivity index (χ2n) is 6.04. The van der Waals surface area contributed by atoms with Gasteiger partial charge >= 0.3 is 0 Å². The maximum absolute atomic E-state index is 13.3. The maximum Gasteiger partial charge on any atom is 0.269 e. The minimum absolute atomic E-state index is 0.0482. The number of rotatable bonds is 5. The van der Waals surface area contributed by atoms with Gasteiger partial charge in [-0.1, -0.05) is 23.9 Å². The van der Waals surface area contributed by atoms with Crippen molar-refractivity contribution >= 4 is 35.0 Å². The first-order valence-corrected chi connectivity index (χ1v) is 9.13. The maximum atomic E-state index is 13.3. The highest BCUT2D eigenvalue weighted by Gasteiger charge is 2.40. The molecule has 29 heavy (non-hydrogen) atoms. The first kappa shape index (κ1) is 20.0. The number of nitriles is 1. The molecule has 0 aliphatic carbocycles. The third kappa shape index (κ3) is 4.09. The number of thioether (sulfide) groups is 1. The molecule has 0 bridgehead atoms. The first-order valence-electron chi connectivity index (χ1n) is 8.25. The van der Waals surface area contributed by atoms with Gasteiger partial charge in [0.25, 0.3) is 11.6 Å². The lowest BCUT2D eigenvalue weighted by Crippen LogP contribution is -2.31. The van der Waals surface area contributed by atoms with Crippen LogP contribution in [-0.4, -0.2) is 22.0 Å². The van der Waals surface area contributed by atoms with Crippen molar-refractivity contribution in [3.05, 3.63) is 80.6 Å². The molecule has 0 radical (unpaired) electrons. The molecule has 2 N–H and O–H groups in total. The fourth-order valence-corrected chi connectivity index (χ4v) is 4.15. The molecule has 2 aromatic carbocycles. The molecule has 1 heterocycles. The number of nitrogens with zero attached hydrogens (tertiary/aromatic N) is 3.